The number of benzene rings is 2. The lowest BCUT2D eigenvalue weighted by Crippen LogP contribution is -2.28. The number of hydrogen-bond acceptors (Lipinski definition) is 4. The lowest BCUT2D eigenvalue weighted by atomic mass is 10.2. The van der Waals surface area contributed by atoms with Crippen LogP contribution in [0, 0.1) is 0 Å². The second kappa shape index (κ2) is 8.10. The van der Waals surface area contributed by atoms with Gasteiger partial charge in [-0.25, -0.2) is 8.42 Å². The van der Waals surface area contributed by atoms with Crippen molar-refractivity contribution >= 4 is 21.6 Å². The van der Waals surface area contributed by atoms with Gasteiger partial charge < -0.3 is 10.1 Å². The highest BCUT2D eigenvalue weighted by molar-refractivity contribution is 7.89. The van der Waals surface area contributed by atoms with Gasteiger partial charge in [-0.15, -0.1) is 0 Å². The number of carbonyl (C=O) groups excluding carboxylic acids is 1. The fourth-order valence-corrected chi connectivity index (χ4v) is 4.56. The molecule has 0 unspecified atom stereocenters. The summed E-state index contributed by atoms with van der Waals surface area (Å²) >= 11 is 0. The molecule has 0 radical (unpaired) electrons. The predicted octanol–water partition coefficient (Wildman–Crippen LogP) is 3.51. The Kier molecular flexibility index (Phi) is 5.82. The fraction of sp³-hybridized carbons (Fsp3) is 0.350. The van der Waals surface area contributed by atoms with Crippen molar-refractivity contribution in [3.63, 3.8) is 0 Å². The molecule has 1 aliphatic heterocycles. The van der Waals surface area contributed by atoms with Gasteiger partial charge in [-0.2, -0.15) is 4.31 Å². The number of nitrogens with zero attached hydrogens (tertiary/aromatic N) is 1. The van der Waals surface area contributed by atoms with Crippen LogP contribution in [0.5, 0.6) is 5.75 Å². The van der Waals surface area contributed by atoms with E-state index in [1.807, 2.05) is 19.9 Å². The van der Waals surface area contributed by atoms with E-state index in [4.69, 9.17) is 4.74 Å². The maximum Gasteiger partial charge on any atom is 0.255 e. The summed E-state index contributed by atoms with van der Waals surface area (Å²) in [6, 6.07) is 13.3. The molecule has 27 heavy (non-hydrogen) atoms. The number of nitrogens with one attached hydrogen (secondary N) is 1. The average molecular weight is 388 g/mol. The third-order valence-corrected chi connectivity index (χ3v) is 6.19. The SMILES string of the molecule is CC(C)Oc1ccccc1NC(=O)c1cccc(S(=O)(=O)N2CCCC2)c1. The van der Waals surface area contributed by atoms with Crippen molar-refractivity contribution in [3.8, 4) is 5.75 Å². The number of para-hydroxylation sites is 2. The molecule has 1 N–H and O–H groups in total. The van der Waals surface area contributed by atoms with E-state index < -0.39 is 10.0 Å². The summed E-state index contributed by atoms with van der Waals surface area (Å²) < 4.78 is 32.6. The van der Waals surface area contributed by atoms with Crippen molar-refractivity contribution in [3.05, 3.63) is 54.1 Å². The third-order valence-electron chi connectivity index (χ3n) is 4.30. The Morgan fingerprint density at radius 2 is 1.78 bits per heavy atom. The van der Waals surface area contributed by atoms with E-state index >= 15 is 0 Å². The first-order chi connectivity index (χ1) is 12.9. The Morgan fingerprint density at radius 3 is 2.48 bits per heavy atom. The van der Waals surface area contributed by atoms with Gasteiger partial charge >= 0.3 is 0 Å². The minimum Gasteiger partial charge on any atom is -0.489 e. The maximum absolute atomic E-state index is 12.7. The van der Waals surface area contributed by atoms with E-state index in [0.29, 0.717) is 24.5 Å². The van der Waals surface area contributed by atoms with Crippen molar-refractivity contribution in [2.45, 2.75) is 37.7 Å². The zero-order valence-electron chi connectivity index (χ0n) is 15.5. The lowest BCUT2D eigenvalue weighted by Gasteiger charge is -2.17. The molecule has 1 saturated heterocycles. The van der Waals surface area contributed by atoms with Gasteiger partial charge in [0.2, 0.25) is 10.0 Å². The first-order valence-electron chi connectivity index (χ1n) is 9.05. The molecule has 1 aliphatic rings. The highest BCUT2D eigenvalue weighted by atomic mass is 32.2. The molecule has 2 aromatic carbocycles. The molecule has 0 spiro atoms. The summed E-state index contributed by atoms with van der Waals surface area (Å²) in [5, 5.41) is 2.81. The molecule has 3 rings (SSSR count). The molecule has 0 aliphatic carbocycles. The van der Waals surface area contributed by atoms with E-state index in [0.717, 1.165) is 12.8 Å². The van der Waals surface area contributed by atoms with Crippen molar-refractivity contribution < 1.29 is 17.9 Å². The molecule has 1 amide bonds. The Balaban J connectivity index is 1.83. The third kappa shape index (κ3) is 4.48. The largest absolute Gasteiger partial charge is 0.489 e. The number of amides is 1. The molecule has 1 fully saturated rings. The van der Waals surface area contributed by atoms with Gasteiger partial charge in [-0.05, 0) is 57.0 Å². The summed E-state index contributed by atoms with van der Waals surface area (Å²) in [6.07, 6.45) is 1.70. The predicted molar refractivity (Wildman–Crippen MR) is 105 cm³/mol. The Morgan fingerprint density at radius 1 is 1.07 bits per heavy atom. The standard InChI is InChI=1S/C20H24N2O4S/c1-15(2)26-19-11-4-3-10-18(19)21-20(23)16-8-7-9-17(14-16)27(24,25)22-12-5-6-13-22/h3-4,7-11,14-15H,5-6,12-13H2,1-2H3,(H,21,23). The maximum atomic E-state index is 12.7. The van der Waals surface area contributed by atoms with Gasteiger partial charge in [-0.1, -0.05) is 18.2 Å². The van der Waals surface area contributed by atoms with Crippen molar-refractivity contribution in [1.82, 2.24) is 4.31 Å². The monoisotopic (exact) mass is 388 g/mol. The molecule has 0 atom stereocenters. The topological polar surface area (TPSA) is 75.7 Å². The fourth-order valence-electron chi connectivity index (χ4n) is 3.00. The number of hydrogen-bond donors (Lipinski definition) is 1. The van der Waals surface area contributed by atoms with Crippen LogP contribution in [0.3, 0.4) is 0 Å². The van der Waals surface area contributed by atoms with Crippen LogP contribution in [-0.4, -0.2) is 37.8 Å². The molecule has 144 valence electrons. The van der Waals surface area contributed by atoms with Crippen LogP contribution in [0.4, 0.5) is 5.69 Å². The summed E-state index contributed by atoms with van der Waals surface area (Å²) in [6.45, 7) is 4.87. The number of sulfonamides is 1. The van der Waals surface area contributed by atoms with Gasteiger partial charge in [0.25, 0.3) is 5.91 Å². The van der Waals surface area contributed by atoms with Gasteiger partial charge in [0.05, 0.1) is 16.7 Å². The molecular weight excluding hydrogens is 364 g/mol. The molecule has 0 aromatic heterocycles. The quantitative estimate of drug-likeness (QED) is 0.822. The molecular formula is C20H24N2O4S. The van der Waals surface area contributed by atoms with E-state index in [9.17, 15) is 13.2 Å². The smallest absolute Gasteiger partial charge is 0.255 e. The lowest BCUT2D eigenvalue weighted by molar-refractivity contribution is 0.102. The van der Waals surface area contributed by atoms with E-state index in [-0.39, 0.29) is 22.5 Å². The number of carbonyl (C=O) groups is 1. The Hall–Kier alpha value is -2.38. The van der Waals surface area contributed by atoms with Crippen molar-refractivity contribution in [2.24, 2.45) is 0 Å². The molecule has 2 aromatic rings. The van der Waals surface area contributed by atoms with Gasteiger partial charge in [0.15, 0.2) is 0 Å². The summed E-state index contributed by atoms with van der Waals surface area (Å²) in [4.78, 5) is 12.8. The molecule has 0 saturated carbocycles. The van der Waals surface area contributed by atoms with Crippen LogP contribution in [0.15, 0.2) is 53.4 Å². The Labute approximate surface area is 160 Å². The summed E-state index contributed by atoms with van der Waals surface area (Å²) in [7, 11) is -3.56. The average Bonchev–Trinajstić information content (AvgIpc) is 3.18. The zero-order chi connectivity index (χ0) is 19.4. The number of rotatable bonds is 6. The van der Waals surface area contributed by atoms with Gasteiger partial charge in [-0.3, -0.25) is 4.79 Å². The highest BCUT2D eigenvalue weighted by Gasteiger charge is 2.27. The minimum atomic E-state index is -3.56. The van der Waals surface area contributed by atoms with Crippen LogP contribution < -0.4 is 10.1 Å². The zero-order valence-corrected chi connectivity index (χ0v) is 16.3. The van der Waals surface area contributed by atoms with Crippen molar-refractivity contribution in [2.75, 3.05) is 18.4 Å². The van der Waals surface area contributed by atoms with Crippen LogP contribution in [0.1, 0.15) is 37.0 Å². The Bertz CT molecular complexity index is 919. The van der Waals surface area contributed by atoms with E-state index in [1.54, 1.807) is 30.3 Å². The van der Waals surface area contributed by atoms with Crippen LogP contribution >= 0.6 is 0 Å². The summed E-state index contributed by atoms with van der Waals surface area (Å²) in [5.41, 5.74) is 0.832. The first-order valence-corrected chi connectivity index (χ1v) is 10.5. The van der Waals surface area contributed by atoms with Crippen LogP contribution in [-0.2, 0) is 10.0 Å². The number of anilines is 1. The normalized spacial score (nSPS) is 15.1. The molecule has 0 bridgehead atoms. The molecule has 7 heteroatoms. The molecule has 1 heterocycles. The van der Waals surface area contributed by atoms with Gasteiger partial charge in [0, 0.05) is 18.7 Å². The van der Waals surface area contributed by atoms with Gasteiger partial charge in [0.1, 0.15) is 5.75 Å². The first kappa shape index (κ1) is 19.4. The van der Waals surface area contributed by atoms with Crippen LogP contribution in [0.25, 0.3) is 0 Å². The second-order valence-corrected chi connectivity index (χ2v) is 8.69. The molecule has 6 nitrogen and oxygen atoms in total. The van der Waals surface area contributed by atoms with E-state index in [1.165, 1.54) is 16.4 Å². The van der Waals surface area contributed by atoms with Crippen molar-refractivity contribution in [1.29, 1.82) is 0 Å². The second-order valence-electron chi connectivity index (χ2n) is 6.76. The highest BCUT2D eigenvalue weighted by Crippen LogP contribution is 2.26. The minimum absolute atomic E-state index is 0.0306. The summed E-state index contributed by atoms with van der Waals surface area (Å²) in [5.74, 6) is 0.190. The number of ether oxygens (including phenoxy) is 1. The van der Waals surface area contributed by atoms with E-state index in [2.05, 4.69) is 5.32 Å². The van der Waals surface area contributed by atoms with Crippen LogP contribution in [0.2, 0.25) is 0 Å².